The second-order valence-corrected chi connectivity index (χ2v) is 6.17. The topological polar surface area (TPSA) is 70.2 Å². The first-order chi connectivity index (χ1) is 11.8. The molecule has 2 amide bonds. The van der Waals surface area contributed by atoms with E-state index in [2.05, 4.69) is 16.0 Å². The molecule has 2 aromatic carbocycles. The molecule has 132 valence electrons. The number of halogens is 3. The molecule has 2 rings (SSSR count). The van der Waals surface area contributed by atoms with Crippen LogP contribution in [0.4, 0.5) is 21.5 Å². The molecule has 5 nitrogen and oxygen atoms in total. The number of carbonyl (C=O) groups excluding carboxylic acids is 2. The van der Waals surface area contributed by atoms with Crippen molar-refractivity contribution in [2.45, 2.75) is 19.9 Å². The monoisotopic (exact) mass is 383 g/mol. The maximum absolute atomic E-state index is 13.0. The fourth-order valence-electron chi connectivity index (χ4n) is 2.04. The van der Waals surface area contributed by atoms with Crippen molar-refractivity contribution in [2.24, 2.45) is 0 Å². The zero-order valence-corrected chi connectivity index (χ0v) is 15.0. The number of hydrogen-bond donors (Lipinski definition) is 3. The largest absolute Gasteiger partial charge is 0.374 e. The summed E-state index contributed by atoms with van der Waals surface area (Å²) in [6.45, 7) is 3.04. The van der Waals surface area contributed by atoms with Crippen LogP contribution in [0.3, 0.4) is 0 Å². The Labute approximate surface area is 154 Å². The molecule has 0 unspecified atom stereocenters. The van der Waals surface area contributed by atoms with Gasteiger partial charge in [0.15, 0.2) is 0 Å². The number of hydrogen-bond acceptors (Lipinski definition) is 3. The minimum Gasteiger partial charge on any atom is -0.374 e. The van der Waals surface area contributed by atoms with Crippen LogP contribution in [0.2, 0.25) is 10.0 Å². The van der Waals surface area contributed by atoms with Crippen LogP contribution in [0, 0.1) is 5.82 Å². The Balaban J connectivity index is 2.03. The molecule has 0 heterocycles. The van der Waals surface area contributed by atoms with Crippen molar-refractivity contribution in [1.29, 1.82) is 0 Å². The molecule has 0 bridgehead atoms. The van der Waals surface area contributed by atoms with Crippen molar-refractivity contribution in [2.75, 3.05) is 16.0 Å². The summed E-state index contributed by atoms with van der Waals surface area (Å²) >= 11 is 12.0. The molecule has 0 fully saturated rings. The Morgan fingerprint density at radius 1 is 1.00 bits per heavy atom. The van der Waals surface area contributed by atoms with Crippen LogP contribution < -0.4 is 16.0 Å². The van der Waals surface area contributed by atoms with Crippen LogP contribution in [-0.4, -0.2) is 17.9 Å². The standard InChI is InChI=1S/C17H16Cl2FN3O2/c1-9(17(25)23-16-5-3-11(20)7-13(16)18)21-12-4-6-15(14(19)8-12)22-10(2)24/h3-9,21H,1-2H3,(H,22,24)(H,23,25)/t9-/m1/s1. The van der Waals surface area contributed by atoms with Gasteiger partial charge < -0.3 is 16.0 Å². The van der Waals surface area contributed by atoms with Gasteiger partial charge in [0.1, 0.15) is 11.9 Å². The first kappa shape index (κ1) is 19.0. The smallest absolute Gasteiger partial charge is 0.246 e. The van der Waals surface area contributed by atoms with Gasteiger partial charge in [0.25, 0.3) is 0 Å². The number of nitrogens with one attached hydrogen (secondary N) is 3. The van der Waals surface area contributed by atoms with E-state index in [0.717, 1.165) is 6.07 Å². The van der Waals surface area contributed by atoms with Crippen LogP contribution >= 0.6 is 23.2 Å². The van der Waals surface area contributed by atoms with E-state index in [1.165, 1.54) is 19.1 Å². The van der Waals surface area contributed by atoms with Gasteiger partial charge >= 0.3 is 0 Å². The van der Waals surface area contributed by atoms with Crippen LogP contribution in [-0.2, 0) is 9.59 Å². The minimum atomic E-state index is -0.608. The fourth-order valence-corrected chi connectivity index (χ4v) is 2.49. The molecular formula is C17H16Cl2FN3O2. The Kier molecular flexibility index (Phi) is 6.22. The third kappa shape index (κ3) is 5.34. The highest BCUT2D eigenvalue weighted by molar-refractivity contribution is 6.34. The quantitative estimate of drug-likeness (QED) is 0.710. The summed E-state index contributed by atoms with van der Waals surface area (Å²) in [6, 6.07) is 8.03. The molecule has 1 atom stereocenters. The first-order valence-electron chi connectivity index (χ1n) is 7.36. The highest BCUT2D eigenvalue weighted by atomic mass is 35.5. The van der Waals surface area contributed by atoms with Gasteiger partial charge in [-0.2, -0.15) is 0 Å². The molecule has 3 N–H and O–H groups in total. The van der Waals surface area contributed by atoms with Crippen molar-refractivity contribution in [3.8, 4) is 0 Å². The SMILES string of the molecule is CC(=O)Nc1ccc(N[C@H](C)C(=O)Nc2ccc(F)cc2Cl)cc1Cl. The lowest BCUT2D eigenvalue weighted by molar-refractivity contribution is -0.116. The lowest BCUT2D eigenvalue weighted by Crippen LogP contribution is -2.32. The third-order valence-electron chi connectivity index (χ3n) is 3.25. The third-order valence-corrected chi connectivity index (χ3v) is 3.87. The van der Waals surface area contributed by atoms with E-state index in [-0.39, 0.29) is 16.8 Å². The molecular weight excluding hydrogens is 368 g/mol. The Morgan fingerprint density at radius 3 is 2.20 bits per heavy atom. The summed E-state index contributed by atoms with van der Waals surface area (Å²) in [5.74, 6) is -1.06. The number of benzene rings is 2. The van der Waals surface area contributed by atoms with E-state index in [1.807, 2.05) is 0 Å². The van der Waals surface area contributed by atoms with Gasteiger partial charge in [-0.25, -0.2) is 4.39 Å². The van der Waals surface area contributed by atoms with Gasteiger partial charge in [-0.1, -0.05) is 23.2 Å². The predicted molar refractivity (Wildman–Crippen MR) is 98.9 cm³/mol. The number of rotatable bonds is 5. The lowest BCUT2D eigenvalue weighted by atomic mass is 10.2. The molecule has 0 saturated carbocycles. The normalized spacial score (nSPS) is 11.6. The van der Waals surface area contributed by atoms with Crippen LogP contribution in [0.15, 0.2) is 36.4 Å². The van der Waals surface area contributed by atoms with Gasteiger partial charge in [0.2, 0.25) is 11.8 Å². The lowest BCUT2D eigenvalue weighted by Gasteiger charge is -2.17. The van der Waals surface area contributed by atoms with E-state index in [0.29, 0.717) is 22.1 Å². The van der Waals surface area contributed by atoms with E-state index in [9.17, 15) is 14.0 Å². The van der Waals surface area contributed by atoms with Crippen molar-refractivity contribution >= 4 is 52.1 Å². The second kappa shape index (κ2) is 8.18. The molecule has 0 aliphatic carbocycles. The highest BCUT2D eigenvalue weighted by Gasteiger charge is 2.15. The van der Waals surface area contributed by atoms with Crippen LogP contribution in [0.1, 0.15) is 13.8 Å². The summed E-state index contributed by atoms with van der Waals surface area (Å²) in [6.07, 6.45) is 0. The fraction of sp³-hybridized carbons (Fsp3) is 0.176. The number of amides is 2. The first-order valence-corrected chi connectivity index (χ1v) is 8.11. The summed E-state index contributed by atoms with van der Waals surface area (Å²) in [7, 11) is 0. The number of anilines is 3. The van der Waals surface area contributed by atoms with Gasteiger partial charge in [-0.3, -0.25) is 9.59 Å². The Bertz CT molecular complexity index is 814. The van der Waals surface area contributed by atoms with Gasteiger partial charge in [-0.15, -0.1) is 0 Å². The van der Waals surface area contributed by atoms with Gasteiger partial charge in [0.05, 0.1) is 21.4 Å². The summed E-state index contributed by atoms with van der Waals surface area (Å²) in [4.78, 5) is 23.3. The maximum Gasteiger partial charge on any atom is 0.246 e. The molecule has 0 aliphatic rings. The molecule has 25 heavy (non-hydrogen) atoms. The van der Waals surface area contributed by atoms with E-state index >= 15 is 0 Å². The van der Waals surface area contributed by atoms with Crippen molar-refractivity contribution < 1.29 is 14.0 Å². The van der Waals surface area contributed by atoms with E-state index in [4.69, 9.17) is 23.2 Å². The molecule has 0 saturated heterocycles. The Morgan fingerprint density at radius 2 is 1.60 bits per heavy atom. The summed E-state index contributed by atoms with van der Waals surface area (Å²) < 4.78 is 13.0. The average Bonchev–Trinajstić information content (AvgIpc) is 2.52. The molecule has 8 heteroatoms. The zero-order valence-electron chi connectivity index (χ0n) is 13.5. The predicted octanol–water partition coefficient (Wildman–Crippen LogP) is 4.53. The molecule has 0 radical (unpaired) electrons. The maximum atomic E-state index is 13.0. The zero-order chi connectivity index (χ0) is 18.6. The average molecular weight is 384 g/mol. The van der Waals surface area contributed by atoms with Crippen LogP contribution in [0.5, 0.6) is 0 Å². The van der Waals surface area contributed by atoms with Crippen LogP contribution in [0.25, 0.3) is 0 Å². The highest BCUT2D eigenvalue weighted by Crippen LogP contribution is 2.26. The molecule has 0 aromatic heterocycles. The summed E-state index contributed by atoms with van der Waals surface area (Å²) in [5.41, 5.74) is 1.41. The van der Waals surface area contributed by atoms with Gasteiger partial charge in [-0.05, 0) is 43.3 Å². The van der Waals surface area contributed by atoms with E-state index < -0.39 is 11.9 Å². The second-order valence-electron chi connectivity index (χ2n) is 5.36. The Hall–Kier alpha value is -2.31. The molecule has 0 spiro atoms. The molecule has 2 aromatic rings. The van der Waals surface area contributed by atoms with Gasteiger partial charge in [0, 0.05) is 12.6 Å². The van der Waals surface area contributed by atoms with Crippen molar-refractivity contribution in [3.63, 3.8) is 0 Å². The van der Waals surface area contributed by atoms with E-state index in [1.54, 1.807) is 25.1 Å². The summed E-state index contributed by atoms with van der Waals surface area (Å²) in [5, 5.41) is 8.66. The minimum absolute atomic E-state index is 0.114. The molecule has 0 aliphatic heterocycles. The van der Waals surface area contributed by atoms with Crippen molar-refractivity contribution in [1.82, 2.24) is 0 Å². The van der Waals surface area contributed by atoms with Crippen molar-refractivity contribution in [3.05, 3.63) is 52.3 Å². The number of carbonyl (C=O) groups is 2.